The van der Waals surface area contributed by atoms with Crippen LogP contribution in [0.3, 0.4) is 0 Å². The van der Waals surface area contributed by atoms with Crippen LogP contribution in [0, 0.1) is 0 Å². The molecule has 0 aliphatic heterocycles. The molecular formula is C9H13AsO. The summed E-state index contributed by atoms with van der Waals surface area (Å²) < 4.78 is 5.18. The SMILES string of the molecule is COC([AsH2])Cc1ccccc1. The summed E-state index contributed by atoms with van der Waals surface area (Å²) in [7, 11) is 1.76. The van der Waals surface area contributed by atoms with E-state index in [2.05, 4.69) is 24.3 Å². The molecule has 2 atom stereocenters. The molecule has 0 bridgehead atoms. The average molecular weight is 212 g/mol. The van der Waals surface area contributed by atoms with E-state index in [4.69, 9.17) is 4.74 Å². The van der Waals surface area contributed by atoms with E-state index in [9.17, 15) is 0 Å². The Balaban J connectivity index is 2.51. The molecule has 0 spiro atoms. The van der Waals surface area contributed by atoms with Crippen LogP contribution in [0.5, 0.6) is 0 Å². The van der Waals surface area contributed by atoms with Gasteiger partial charge in [-0.1, -0.05) is 0 Å². The summed E-state index contributed by atoms with van der Waals surface area (Å²) in [5.41, 5.74) is 1.35. The minimum absolute atomic E-state index is 0.380. The summed E-state index contributed by atoms with van der Waals surface area (Å²) in [6, 6.07) is 10.4. The van der Waals surface area contributed by atoms with Crippen LogP contribution in [-0.2, 0) is 11.2 Å². The third-order valence-electron chi connectivity index (χ3n) is 1.58. The maximum atomic E-state index is 5.18. The molecule has 1 aromatic rings. The predicted molar refractivity (Wildman–Crippen MR) is 49.5 cm³/mol. The fraction of sp³-hybridized carbons (Fsp3) is 0.333. The van der Waals surface area contributed by atoms with Crippen molar-refractivity contribution in [2.45, 2.75) is 11.3 Å². The Morgan fingerprint density at radius 2 is 2.00 bits per heavy atom. The van der Waals surface area contributed by atoms with E-state index >= 15 is 0 Å². The standard InChI is InChI=1S/C9H13AsO/c1-11-9(10)7-8-5-3-2-4-6-8/h2-6,9H,7,10H2,1H3. The zero-order valence-corrected chi connectivity index (χ0v) is 9.08. The van der Waals surface area contributed by atoms with Crippen molar-refractivity contribution in [2.24, 2.45) is 0 Å². The average Bonchev–Trinajstić information content (AvgIpc) is 2.06. The van der Waals surface area contributed by atoms with Crippen molar-refractivity contribution < 1.29 is 4.74 Å². The van der Waals surface area contributed by atoms with Gasteiger partial charge in [-0.2, -0.15) is 0 Å². The quantitative estimate of drug-likeness (QED) is 0.674. The summed E-state index contributed by atoms with van der Waals surface area (Å²) in [5.74, 6) is 0. The van der Waals surface area contributed by atoms with Gasteiger partial charge in [-0.3, -0.25) is 0 Å². The molecule has 2 heteroatoms. The van der Waals surface area contributed by atoms with Gasteiger partial charge in [-0.15, -0.1) is 0 Å². The fourth-order valence-corrected chi connectivity index (χ4v) is 1.50. The van der Waals surface area contributed by atoms with Crippen molar-refractivity contribution in [2.75, 3.05) is 7.11 Å². The molecule has 0 fully saturated rings. The third-order valence-corrected chi connectivity index (χ3v) is 2.65. The molecule has 1 aromatic carbocycles. The van der Waals surface area contributed by atoms with E-state index in [0.29, 0.717) is 4.89 Å². The van der Waals surface area contributed by atoms with E-state index in [1.165, 1.54) is 5.56 Å². The second-order valence-electron chi connectivity index (χ2n) is 2.46. The molecule has 0 saturated heterocycles. The normalized spacial score (nSPS) is 12.9. The van der Waals surface area contributed by atoms with Crippen LogP contribution in [0.1, 0.15) is 5.56 Å². The van der Waals surface area contributed by atoms with Gasteiger partial charge in [0.15, 0.2) is 0 Å². The first kappa shape index (κ1) is 8.83. The summed E-state index contributed by atoms with van der Waals surface area (Å²) in [6.45, 7) is 0. The van der Waals surface area contributed by atoms with Crippen LogP contribution in [0.2, 0.25) is 0 Å². The Morgan fingerprint density at radius 3 is 2.55 bits per heavy atom. The summed E-state index contributed by atoms with van der Waals surface area (Å²) in [5, 5.41) is 0. The zero-order chi connectivity index (χ0) is 8.10. The molecule has 2 unspecified atom stereocenters. The van der Waals surface area contributed by atoms with Crippen molar-refractivity contribution in [1.29, 1.82) is 0 Å². The summed E-state index contributed by atoms with van der Waals surface area (Å²) in [4.78, 5) is 0.380. The predicted octanol–water partition coefficient (Wildman–Crippen LogP) is 0.835. The second kappa shape index (κ2) is 4.58. The molecule has 1 nitrogen and oxygen atoms in total. The number of hydrogen-bond acceptors (Lipinski definition) is 1. The van der Waals surface area contributed by atoms with E-state index in [0.717, 1.165) is 6.42 Å². The number of methoxy groups -OCH3 is 1. The van der Waals surface area contributed by atoms with Crippen molar-refractivity contribution in [1.82, 2.24) is 0 Å². The molecule has 0 heterocycles. The molecule has 0 aliphatic rings. The fourth-order valence-electron chi connectivity index (χ4n) is 0.930. The Morgan fingerprint density at radius 1 is 1.36 bits per heavy atom. The van der Waals surface area contributed by atoms with E-state index in [1.807, 2.05) is 6.07 Å². The minimum atomic E-state index is 0.380. The number of hydrogen-bond donors (Lipinski definition) is 0. The van der Waals surface area contributed by atoms with Crippen molar-refractivity contribution in [3.8, 4) is 0 Å². The summed E-state index contributed by atoms with van der Waals surface area (Å²) in [6.07, 6.45) is 1.03. The van der Waals surface area contributed by atoms with Gasteiger partial charge in [0.25, 0.3) is 0 Å². The zero-order valence-electron chi connectivity index (χ0n) is 6.66. The van der Waals surface area contributed by atoms with Gasteiger partial charge in [0.1, 0.15) is 0 Å². The molecule has 0 aliphatic carbocycles. The topological polar surface area (TPSA) is 9.23 Å². The van der Waals surface area contributed by atoms with Crippen LogP contribution in [0.4, 0.5) is 0 Å². The van der Waals surface area contributed by atoms with Crippen LogP contribution in [0.15, 0.2) is 30.3 Å². The van der Waals surface area contributed by atoms with E-state index in [-0.39, 0.29) is 0 Å². The van der Waals surface area contributed by atoms with E-state index in [1.54, 1.807) is 24.0 Å². The number of rotatable bonds is 3. The molecule has 1 rings (SSSR count). The molecule has 0 saturated carbocycles. The van der Waals surface area contributed by atoms with E-state index < -0.39 is 0 Å². The number of benzene rings is 1. The maximum absolute atomic E-state index is 5.18. The van der Waals surface area contributed by atoms with Crippen molar-refractivity contribution >= 4 is 16.9 Å². The van der Waals surface area contributed by atoms with Gasteiger partial charge in [0.2, 0.25) is 0 Å². The first-order valence-corrected chi connectivity index (χ1v) is 5.05. The Labute approximate surface area is 76.3 Å². The van der Waals surface area contributed by atoms with Crippen LogP contribution in [-0.4, -0.2) is 28.9 Å². The van der Waals surface area contributed by atoms with Crippen LogP contribution >= 0.6 is 0 Å². The molecule has 0 N–H and O–H groups in total. The number of ether oxygens (including phenoxy) is 1. The second-order valence-corrected chi connectivity index (χ2v) is 4.02. The van der Waals surface area contributed by atoms with Crippen molar-refractivity contribution in [3.63, 3.8) is 0 Å². The molecule has 0 amide bonds. The van der Waals surface area contributed by atoms with Crippen LogP contribution < -0.4 is 0 Å². The van der Waals surface area contributed by atoms with Gasteiger partial charge in [0.05, 0.1) is 0 Å². The van der Waals surface area contributed by atoms with Crippen LogP contribution in [0.25, 0.3) is 0 Å². The molecular weight excluding hydrogens is 199 g/mol. The molecule has 0 radical (unpaired) electrons. The first-order chi connectivity index (χ1) is 5.33. The van der Waals surface area contributed by atoms with Crippen molar-refractivity contribution in [3.05, 3.63) is 35.9 Å². The summed E-state index contributed by atoms with van der Waals surface area (Å²) >= 11 is 1.64. The molecule has 60 valence electrons. The molecule has 11 heavy (non-hydrogen) atoms. The van der Waals surface area contributed by atoms with Gasteiger partial charge in [-0.25, -0.2) is 0 Å². The van der Waals surface area contributed by atoms with Gasteiger partial charge in [0, 0.05) is 0 Å². The first-order valence-electron chi connectivity index (χ1n) is 3.65. The Kier molecular flexibility index (Phi) is 3.68. The third kappa shape index (κ3) is 3.09. The Hall–Kier alpha value is -0.262. The monoisotopic (exact) mass is 212 g/mol. The molecule has 0 aromatic heterocycles. The van der Waals surface area contributed by atoms with Gasteiger partial charge in [-0.05, 0) is 0 Å². The van der Waals surface area contributed by atoms with Gasteiger partial charge >= 0.3 is 75.9 Å². The Bertz CT molecular complexity index is 198. The van der Waals surface area contributed by atoms with Gasteiger partial charge < -0.3 is 0 Å².